The fourth-order valence-corrected chi connectivity index (χ4v) is 10.6. The largest absolute Gasteiger partial charge is 1.00 e. The lowest BCUT2D eigenvalue weighted by Crippen LogP contribution is -3.00. The lowest BCUT2D eigenvalue weighted by atomic mass is 9.43. The zero-order valence-electron chi connectivity index (χ0n) is 32.0. The van der Waals surface area contributed by atoms with Gasteiger partial charge in [-0.05, 0) is 86.4 Å². The number of esters is 4. The summed E-state index contributed by atoms with van der Waals surface area (Å²) in [5.74, 6) is -0.105. The Morgan fingerprint density at radius 3 is 1.98 bits per heavy atom. The molecule has 0 amide bonds. The maximum atomic E-state index is 13.2. The van der Waals surface area contributed by atoms with Crippen molar-refractivity contribution in [3.8, 4) is 0 Å². The van der Waals surface area contributed by atoms with E-state index in [-0.39, 0.29) is 151 Å². The summed E-state index contributed by atoms with van der Waals surface area (Å²) in [6.07, 6.45) is 6.23. The van der Waals surface area contributed by atoms with Gasteiger partial charge in [-0.3, -0.25) is 19.2 Å². The smallest absolute Gasteiger partial charge is 0.307 e. The van der Waals surface area contributed by atoms with Gasteiger partial charge in [0.1, 0.15) is 31.5 Å². The highest BCUT2D eigenvalue weighted by Gasteiger charge is 2.67. The second-order valence-electron chi connectivity index (χ2n) is 17.3. The normalized spacial score (nSPS) is 34.8. The average molecular weight is 835 g/mol. The second-order valence-corrected chi connectivity index (χ2v) is 17.3. The van der Waals surface area contributed by atoms with Crippen LogP contribution in [0.15, 0.2) is 0 Å². The number of quaternary nitrogens is 1. The molecule has 12 nitrogen and oxygen atoms in total. The van der Waals surface area contributed by atoms with Crippen LogP contribution in [0.1, 0.15) is 97.8 Å². The van der Waals surface area contributed by atoms with Gasteiger partial charge in [-0.2, -0.15) is 0 Å². The molecule has 4 rings (SSSR count). The van der Waals surface area contributed by atoms with Crippen LogP contribution in [-0.4, -0.2) is 101 Å². The summed E-state index contributed by atoms with van der Waals surface area (Å²) >= 11 is 0. The van der Waals surface area contributed by atoms with Crippen LogP contribution in [-0.2, 0) is 38.1 Å². The summed E-state index contributed by atoms with van der Waals surface area (Å²) in [5, 5.41) is 0. The summed E-state index contributed by atoms with van der Waals surface area (Å²) in [7, 11) is 6.21. The van der Waals surface area contributed by atoms with Gasteiger partial charge in [-0.15, -0.1) is 0 Å². The average Bonchev–Trinajstić information content (AvgIpc) is 3.38. The Balaban J connectivity index is 0.00000702. The molecule has 0 aliphatic heterocycles. The summed E-state index contributed by atoms with van der Waals surface area (Å²) in [4.78, 5) is 51.5. The number of nitrogens with zero attached hydrogens (tertiary/aromatic N) is 1. The van der Waals surface area contributed by atoms with E-state index in [9.17, 15) is 19.2 Å². The SMILES string of the molecule is C[C@H](CCC(=O)OCC[N+](C)(C)C)[C@H]1CC[C@H]2[C@@H]3[C@H](OC(=O)CCN)C[C@@H]4C[C@H](OC(=O)CCN)CC[C@]4(C)[C@H]3C[C@H](OC(=O)CCN)[C@]12C.[I-]. The topological polar surface area (TPSA) is 183 Å². The molecule has 6 N–H and O–H groups in total. The number of likely N-dealkylation sites (N-methyl/N-ethyl adjacent to an activating group) is 1. The number of fused-ring (bicyclic) bond motifs is 5. The van der Waals surface area contributed by atoms with Gasteiger partial charge in [0.25, 0.3) is 0 Å². The first-order valence-corrected chi connectivity index (χ1v) is 19.2. The van der Waals surface area contributed by atoms with E-state index in [1.54, 1.807) is 0 Å². The van der Waals surface area contributed by atoms with E-state index in [4.69, 9.17) is 36.1 Å². The van der Waals surface area contributed by atoms with Crippen LogP contribution in [0.3, 0.4) is 0 Å². The zero-order valence-corrected chi connectivity index (χ0v) is 34.2. The number of hydrogen-bond donors (Lipinski definition) is 3. The Morgan fingerprint density at radius 1 is 0.765 bits per heavy atom. The molecule has 294 valence electrons. The number of carbonyl (C=O) groups excluding carboxylic acids is 4. The molecule has 0 aromatic heterocycles. The minimum absolute atomic E-state index is 0. The van der Waals surface area contributed by atoms with Crippen LogP contribution in [0.25, 0.3) is 0 Å². The first-order valence-electron chi connectivity index (χ1n) is 19.2. The minimum Gasteiger partial charge on any atom is -1.00 e. The molecule has 13 heteroatoms. The number of carbonyl (C=O) groups is 4. The van der Waals surface area contributed by atoms with Gasteiger partial charge in [0.05, 0.1) is 40.4 Å². The van der Waals surface area contributed by atoms with Crippen LogP contribution >= 0.6 is 0 Å². The van der Waals surface area contributed by atoms with Gasteiger partial charge in [0.2, 0.25) is 0 Å². The molecule has 0 radical (unpaired) electrons. The molecule has 0 saturated heterocycles. The molecule has 0 aromatic rings. The highest BCUT2D eigenvalue weighted by atomic mass is 127. The monoisotopic (exact) mass is 834 g/mol. The number of ether oxygens (including phenoxy) is 4. The van der Waals surface area contributed by atoms with Crippen molar-refractivity contribution in [2.45, 2.75) is 116 Å². The summed E-state index contributed by atoms with van der Waals surface area (Å²) in [6.45, 7) is 8.68. The van der Waals surface area contributed by atoms with E-state index < -0.39 is 0 Å². The maximum Gasteiger partial charge on any atom is 0.307 e. The molecule has 11 atom stereocenters. The third-order valence-electron chi connectivity index (χ3n) is 13.2. The first kappa shape index (κ1) is 43.9. The predicted molar refractivity (Wildman–Crippen MR) is 189 cm³/mol. The van der Waals surface area contributed by atoms with Gasteiger partial charge in [-0.25, -0.2) is 0 Å². The number of halogens is 1. The molecule has 0 aromatic carbocycles. The Morgan fingerprint density at radius 2 is 1.37 bits per heavy atom. The van der Waals surface area contributed by atoms with Crippen LogP contribution < -0.4 is 41.2 Å². The van der Waals surface area contributed by atoms with E-state index >= 15 is 0 Å². The standard InChI is InChI=1S/C38H67N4O8.HI/c1-24(7-10-32(43)47-20-19-42(4,5)6)27-8-9-28-36-29(23-31(38(27,28)3)50-35(46)14-18-41)37(2)15-11-26(48-33(44)12-16-39)21-25(37)22-30(36)49-34(45)13-17-40;/h24-31,36H,7-23,39-41H2,1-6H3;1H/q+1;/p-1/t24-,25+,26-,27-,28+,29+,30-,31+,36+,37+,38-;/m1./s1. The molecule has 0 unspecified atom stereocenters. The van der Waals surface area contributed by atoms with Gasteiger partial charge in [0.15, 0.2) is 0 Å². The van der Waals surface area contributed by atoms with Crippen molar-refractivity contribution >= 4 is 23.9 Å². The van der Waals surface area contributed by atoms with Crippen molar-refractivity contribution in [2.75, 3.05) is 53.9 Å². The molecule has 0 heterocycles. The van der Waals surface area contributed by atoms with Crippen molar-refractivity contribution in [1.29, 1.82) is 0 Å². The third kappa shape index (κ3) is 10.4. The second kappa shape index (κ2) is 18.7. The van der Waals surface area contributed by atoms with E-state index in [1.165, 1.54) is 0 Å². The van der Waals surface area contributed by atoms with Crippen molar-refractivity contribution in [3.05, 3.63) is 0 Å². The fraction of sp³-hybridized carbons (Fsp3) is 0.895. The first-order chi connectivity index (χ1) is 23.6. The summed E-state index contributed by atoms with van der Waals surface area (Å²) in [6, 6.07) is 0. The third-order valence-corrected chi connectivity index (χ3v) is 13.2. The predicted octanol–water partition coefficient (Wildman–Crippen LogP) is 0.317. The van der Waals surface area contributed by atoms with Gasteiger partial charge >= 0.3 is 23.9 Å². The molecule has 4 aliphatic rings. The van der Waals surface area contributed by atoms with Gasteiger partial charge < -0.3 is 64.6 Å². The molecule has 51 heavy (non-hydrogen) atoms. The number of nitrogens with two attached hydrogens (primary N) is 3. The lowest BCUT2D eigenvalue weighted by Gasteiger charge is -2.64. The summed E-state index contributed by atoms with van der Waals surface area (Å²) < 4.78 is 25.0. The Labute approximate surface area is 322 Å². The highest BCUT2D eigenvalue weighted by molar-refractivity contribution is 5.71. The Kier molecular flexibility index (Phi) is 16.0. The van der Waals surface area contributed by atoms with Crippen molar-refractivity contribution in [1.82, 2.24) is 0 Å². The fourth-order valence-electron chi connectivity index (χ4n) is 10.6. The Bertz CT molecular complexity index is 1200. The molecule has 4 fully saturated rings. The lowest BCUT2D eigenvalue weighted by molar-refractivity contribution is -0.870. The number of rotatable bonds is 16. The van der Waals surface area contributed by atoms with E-state index in [2.05, 4.69) is 41.9 Å². The Hall–Kier alpha value is -1.55. The molecule has 4 saturated carbocycles. The molecular formula is C38H67IN4O8. The molecular weight excluding hydrogens is 767 g/mol. The van der Waals surface area contributed by atoms with E-state index in [1.807, 2.05) is 0 Å². The van der Waals surface area contributed by atoms with Crippen LogP contribution in [0.2, 0.25) is 0 Å². The molecule has 0 spiro atoms. The van der Waals surface area contributed by atoms with Crippen molar-refractivity contribution in [2.24, 2.45) is 63.5 Å². The number of hydrogen-bond acceptors (Lipinski definition) is 11. The van der Waals surface area contributed by atoms with Crippen LogP contribution in [0.4, 0.5) is 0 Å². The van der Waals surface area contributed by atoms with Crippen LogP contribution in [0.5, 0.6) is 0 Å². The quantitative estimate of drug-likeness (QED) is 0.0843. The van der Waals surface area contributed by atoms with Crippen molar-refractivity contribution in [3.63, 3.8) is 0 Å². The van der Waals surface area contributed by atoms with Crippen molar-refractivity contribution < 1.29 is 66.6 Å². The van der Waals surface area contributed by atoms with E-state index in [0.717, 1.165) is 36.7 Å². The molecule has 0 bridgehead atoms. The zero-order chi connectivity index (χ0) is 36.9. The van der Waals surface area contributed by atoms with E-state index in [0.29, 0.717) is 38.7 Å². The van der Waals surface area contributed by atoms with Gasteiger partial charge in [-0.1, -0.05) is 20.8 Å². The summed E-state index contributed by atoms with van der Waals surface area (Å²) in [5.41, 5.74) is 16.7. The van der Waals surface area contributed by atoms with Gasteiger partial charge in [0, 0.05) is 37.4 Å². The molecule has 4 aliphatic carbocycles. The maximum absolute atomic E-state index is 13.2. The van der Waals surface area contributed by atoms with Crippen LogP contribution in [0, 0.1) is 46.3 Å². The minimum atomic E-state index is -0.380. The highest BCUT2D eigenvalue weighted by Crippen LogP contribution is 2.69.